The molecular formula is C15H13F3. The molecule has 0 radical (unpaired) electrons. The van der Waals surface area contributed by atoms with Gasteiger partial charge in [-0.1, -0.05) is 32.0 Å². The van der Waals surface area contributed by atoms with Crippen LogP contribution in [0, 0.1) is 17.5 Å². The number of halogens is 3. The Kier molecular flexibility index (Phi) is 3.41. The van der Waals surface area contributed by atoms with Crippen LogP contribution in [0.5, 0.6) is 0 Å². The number of benzene rings is 2. The van der Waals surface area contributed by atoms with Crippen molar-refractivity contribution in [2.75, 3.05) is 0 Å². The molecule has 0 aliphatic heterocycles. The van der Waals surface area contributed by atoms with E-state index in [1.807, 2.05) is 13.8 Å². The summed E-state index contributed by atoms with van der Waals surface area (Å²) in [6.45, 7) is 3.86. The summed E-state index contributed by atoms with van der Waals surface area (Å²) in [5.74, 6) is -2.22. The van der Waals surface area contributed by atoms with E-state index in [2.05, 4.69) is 0 Å². The molecule has 2 aromatic carbocycles. The first kappa shape index (κ1) is 12.7. The summed E-state index contributed by atoms with van der Waals surface area (Å²) in [5.41, 5.74) is 1.48. The Bertz CT molecular complexity index is 574. The lowest BCUT2D eigenvalue weighted by molar-refractivity contribution is 0.509. The van der Waals surface area contributed by atoms with Crippen molar-refractivity contribution in [1.82, 2.24) is 0 Å². The van der Waals surface area contributed by atoms with Gasteiger partial charge in [0, 0.05) is 5.56 Å². The maximum Gasteiger partial charge on any atom is 0.159 e. The van der Waals surface area contributed by atoms with Crippen LogP contribution in [0.4, 0.5) is 13.2 Å². The molecule has 18 heavy (non-hydrogen) atoms. The zero-order valence-electron chi connectivity index (χ0n) is 10.2. The molecule has 0 N–H and O–H groups in total. The Morgan fingerprint density at radius 3 is 2.17 bits per heavy atom. The van der Waals surface area contributed by atoms with Crippen molar-refractivity contribution in [2.24, 2.45) is 0 Å². The van der Waals surface area contributed by atoms with Crippen molar-refractivity contribution >= 4 is 0 Å². The molecule has 2 aromatic rings. The van der Waals surface area contributed by atoms with Gasteiger partial charge in [0.05, 0.1) is 0 Å². The van der Waals surface area contributed by atoms with Gasteiger partial charge in [-0.25, -0.2) is 13.2 Å². The van der Waals surface area contributed by atoms with E-state index in [0.29, 0.717) is 11.1 Å². The monoisotopic (exact) mass is 250 g/mol. The van der Waals surface area contributed by atoms with Crippen molar-refractivity contribution in [3.63, 3.8) is 0 Å². The average molecular weight is 250 g/mol. The smallest absolute Gasteiger partial charge is 0.159 e. The van der Waals surface area contributed by atoms with Crippen molar-refractivity contribution in [1.29, 1.82) is 0 Å². The van der Waals surface area contributed by atoms with E-state index in [0.717, 1.165) is 17.7 Å². The van der Waals surface area contributed by atoms with Gasteiger partial charge in [0.1, 0.15) is 5.82 Å². The second-order valence-corrected chi connectivity index (χ2v) is 4.49. The molecule has 0 heterocycles. The lowest BCUT2D eigenvalue weighted by Crippen LogP contribution is -1.96. The molecular weight excluding hydrogens is 237 g/mol. The fourth-order valence-corrected chi connectivity index (χ4v) is 1.98. The Morgan fingerprint density at radius 1 is 0.833 bits per heavy atom. The normalized spacial score (nSPS) is 11.0. The molecule has 94 valence electrons. The molecule has 0 fully saturated rings. The van der Waals surface area contributed by atoms with Gasteiger partial charge in [-0.15, -0.1) is 0 Å². The van der Waals surface area contributed by atoms with Crippen LogP contribution in [0.1, 0.15) is 25.3 Å². The summed E-state index contributed by atoms with van der Waals surface area (Å²) in [5, 5.41) is 0. The molecule has 0 saturated heterocycles. The van der Waals surface area contributed by atoms with E-state index in [1.54, 1.807) is 12.1 Å². The van der Waals surface area contributed by atoms with Crippen LogP contribution in [0.25, 0.3) is 11.1 Å². The summed E-state index contributed by atoms with van der Waals surface area (Å²) in [6, 6.07) is 8.17. The highest BCUT2D eigenvalue weighted by molar-refractivity contribution is 5.68. The summed E-state index contributed by atoms with van der Waals surface area (Å²) in [4.78, 5) is 0. The fraction of sp³-hybridized carbons (Fsp3) is 0.200. The van der Waals surface area contributed by atoms with E-state index in [-0.39, 0.29) is 5.92 Å². The minimum absolute atomic E-state index is 0.101. The first-order valence-electron chi connectivity index (χ1n) is 5.74. The molecule has 0 spiro atoms. The van der Waals surface area contributed by atoms with Gasteiger partial charge in [0.15, 0.2) is 11.6 Å². The molecule has 0 nitrogen and oxygen atoms in total. The summed E-state index contributed by atoms with van der Waals surface area (Å²) in [7, 11) is 0. The topological polar surface area (TPSA) is 0 Å². The third kappa shape index (κ3) is 2.26. The quantitative estimate of drug-likeness (QED) is 0.711. The first-order chi connectivity index (χ1) is 8.50. The minimum atomic E-state index is -0.967. The largest absolute Gasteiger partial charge is 0.206 e. The number of hydrogen-bond acceptors (Lipinski definition) is 0. The van der Waals surface area contributed by atoms with Crippen LogP contribution in [-0.4, -0.2) is 0 Å². The van der Waals surface area contributed by atoms with E-state index >= 15 is 0 Å². The van der Waals surface area contributed by atoms with Crippen LogP contribution in [-0.2, 0) is 0 Å². The molecule has 0 saturated carbocycles. The van der Waals surface area contributed by atoms with Crippen LogP contribution in [0.3, 0.4) is 0 Å². The fourth-order valence-electron chi connectivity index (χ4n) is 1.98. The molecule has 0 atom stereocenters. The highest BCUT2D eigenvalue weighted by Crippen LogP contribution is 2.32. The second kappa shape index (κ2) is 4.84. The second-order valence-electron chi connectivity index (χ2n) is 4.49. The summed E-state index contributed by atoms with van der Waals surface area (Å²) in [6.07, 6.45) is 0. The van der Waals surface area contributed by atoms with Crippen molar-refractivity contribution < 1.29 is 13.2 Å². The average Bonchev–Trinajstić information content (AvgIpc) is 2.32. The predicted octanol–water partition coefficient (Wildman–Crippen LogP) is 4.89. The van der Waals surface area contributed by atoms with Crippen molar-refractivity contribution in [2.45, 2.75) is 19.8 Å². The van der Waals surface area contributed by atoms with Gasteiger partial charge in [-0.2, -0.15) is 0 Å². The Balaban J connectivity index is 2.66. The number of hydrogen-bond donors (Lipinski definition) is 0. The third-order valence-corrected chi connectivity index (χ3v) is 2.88. The van der Waals surface area contributed by atoms with Crippen molar-refractivity contribution in [3.8, 4) is 11.1 Å². The van der Waals surface area contributed by atoms with E-state index in [4.69, 9.17) is 0 Å². The van der Waals surface area contributed by atoms with Crippen LogP contribution in [0.15, 0.2) is 36.4 Å². The molecule has 0 aliphatic carbocycles. The van der Waals surface area contributed by atoms with E-state index in [1.165, 1.54) is 12.1 Å². The van der Waals surface area contributed by atoms with Crippen LogP contribution >= 0.6 is 0 Å². The Hall–Kier alpha value is -1.77. The van der Waals surface area contributed by atoms with E-state index in [9.17, 15) is 13.2 Å². The van der Waals surface area contributed by atoms with Gasteiger partial charge in [-0.05, 0) is 35.2 Å². The van der Waals surface area contributed by atoms with Crippen molar-refractivity contribution in [3.05, 3.63) is 59.4 Å². The highest BCUT2D eigenvalue weighted by Gasteiger charge is 2.14. The minimum Gasteiger partial charge on any atom is -0.206 e. The standard InChI is InChI=1S/C15H13F3/c1-9(2)11-4-3-5-13(17)15(11)10-6-7-12(16)14(18)8-10/h3-9H,1-2H3. The van der Waals surface area contributed by atoms with Gasteiger partial charge >= 0.3 is 0 Å². The molecule has 0 aromatic heterocycles. The first-order valence-corrected chi connectivity index (χ1v) is 5.74. The predicted molar refractivity (Wildman–Crippen MR) is 65.8 cm³/mol. The lowest BCUT2D eigenvalue weighted by atomic mass is 9.92. The molecule has 0 bridgehead atoms. The molecule has 0 unspecified atom stereocenters. The summed E-state index contributed by atoms with van der Waals surface area (Å²) < 4.78 is 40.0. The molecule has 3 heteroatoms. The Labute approximate surface area is 104 Å². The SMILES string of the molecule is CC(C)c1cccc(F)c1-c1ccc(F)c(F)c1. The molecule has 0 aliphatic rings. The molecule has 0 amide bonds. The van der Waals surface area contributed by atoms with Gasteiger partial charge in [0.25, 0.3) is 0 Å². The van der Waals surface area contributed by atoms with Gasteiger partial charge in [0.2, 0.25) is 0 Å². The maximum absolute atomic E-state index is 13.9. The van der Waals surface area contributed by atoms with Gasteiger partial charge in [-0.3, -0.25) is 0 Å². The lowest BCUT2D eigenvalue weighted by Gasteiger charge is -2.14. The van der Waals surface area contributed by atoms with Crippen LogP contribution in [0.2, 0.25) is 0 Å². The maximum atomic E-state index is 13.9. The highest BCUT2D eigenvalue weighted by atomic mass is 19.2. The summed E-state index contributed by atoms with van der Waals surface area (Å²) >= 11 is 0. The Morgan fingerprint density at radius 2 is 1.56 bits per heavy atom. The van der Waals surface area contributed by atoms with Gasteiger partial charge < -0.3 is 0 Å². The molecule has 2 rings (SSSR count). The zero-order valence-corrected chi connectivity index (χ0v) is 10.2. The zero-order chi connectivity index (χ0) is 13.3. The van der Waals surface area contributed by atoms with Crippen LogP contribution < -0.4 is 0 Å². The van der Waals surface area contributed by atoms with E-state index < -0.39 is 17.5 Å². The number of rotatable bonds is 2. The third-order valence-electron chi connectivity index (χ3n) is 2.88.